The van der Waals surface area contributed by atoms with Crippen LogP contribution in [-0.4, -0.2) is 46.0 Å². The van der Waals surface area contributed by atoms with Crippen molar-refractivity contribution >= 4 is 50.6 Å². The minimum absolute atomic E-state index is 0.0721. The van der Waals surface area contributed by atoms with Crippen molar-refractivity contribution in [1.82, 2.24) is 19.9 Å². The third-order valence-corrected chi connectivity index (χ3v) is 8.09. The van der Waals surface area contributed by atoms with Gasteiger partial charge in [-0.2, -0.15) is 0 Å². The first-order valence-corrected chi connectivity index (χ1v) is 13.3. The summed E-state index contributed by atoms with van der Waals surface area (Å²) in [7, 11) is 3.22. The highest BCUT2D eigenvalue weighted by Gasteiger charge is 2.14. The number of thioether (sulfide) groups is 1. The Morgan fingerprint density at radius 2 is 1.81 bits per heavy atom. The molecule has 5 aromatic rings. The Kier molecular flexibility index (Phi) is 7.17. The number of hydrogen-bond acceptors (Lipinski definition) is 10. The summed E-state index contributed by atoms with van der Waals surface area (Å²) in [6, 6.07) is 7.99. The number of rotatable bonds is 9. The second kappa shape index (κ2) is 10.7. The van der Waals surface area contributed by atoms with Gasteiger partial charge in [-0.05, 0) is 42.0 Å². The van der Waals surface area contributed by atoms with Gasteiger partial charge in [0, 0.05) is 64.4 Å². The van der Waals surface area contributed by atoms with E-state index in [2.05, 4.69) is 26.0 Å². The molecule has 0 unspecified atom stereocenters. The zero-order valence-corrected chi connectivity index (χ0v) is 21.6. The number of nitrogen functional groups attached to an aromatic ring is 1. The first kappa shape index (κ1) is 24.2. The maximum Gasteiger partial charge on any atom is 0.162 e. The lowest BCUT2D eigenvalue weighted by Gasteiger charge is -2.13. The fraction of sp³-hybridized carbons (Fsp3) is 0.231. The molecular weight excluding hydrogens is 492 g/mol. The van der Waals surface area contributed by atoms with E-state index >= 15 is 0 Å². The predicted octanol–water partition coefficient (Wildman–Crippen LogP) is 4.95. The van der Waals surface area contributed by atoms with E-state index in [4.69, 9.17) is 20.9 Å². The van der Waals surface area contributed by atoms with Crippen LogP contribution in [-0.2, 0) is 6.42 Å². The molecule has 0 bridgehead atoms. The van der Waals surface area contributed by atoms with Crippen LogP contribution in [0.4, 0.5) is 5.82 Å². The Morgan fingerprint density at radius 1 is 0.972 bits per heavy atom. The van der Waals surface area contributed by atoms with E-state index in [9.17, 15) is 0 Å². The molecule has 0 saturated carbocycles. The summed E-state index contributed by atoms with van der Waals surface area (Å²) in [6.45, 7) is 0. The molecule has 184 valence electrons. The fourth-order valence-corrected chi connectivity index (χ4v) is 5.73. The van der Waals surface area contributed by atoms with Crippen molar-refractivity contribution in [2.24, 2.45) is 5.73 Å². The van der Waals surface area contributed by atoms with Gasteiger partial charge in [0.1, 0.15) is 10.2 Å². The largest absolute Gasteiger partial charge is 0.493 e. The van der Waals surface area contributed by atoms with Gasteiger partial charge in [0.2, 0.25) is 0 Å². The van der Waals surface area contributed by atoms with Gasteiger partial charge in [-0.1, -0.05) is 11.8 Å². The van der Waals surface area contributed by atoms with E-state index in [1.807, 2.05) is 42.2 Å². The van der Waals surface area contributed by atoms with Crippen LogP contribution >= 0.6 is 23.1 Å². The Morgan fingerprint density at radius 3 is 2.58 bits per heavy atom. The van der Waals surface area contributed by atoms with Crippen molar-refractivity contribution in [1.29, 1.82) is 0 Å². The highest BCUT2D eigenvalue weighted by Crippen LogP contribution is 2.37. The van der Waals surface area contributed by atoms with Crippen molar-refractivity contribution in [3.05, 3.63) is 60.0 Å². The van der Waals surface area contributed by atoms with E-state index in [0.29, 0.717) is 17.3 Å². The van der Waals surface area contributed by atoms with Crippen molar-refractivity contribution in [2.75, 3.05) is 25.7 Å². The predicted molar refractivity (Wildman–Crippen MR) is 147 cm³/mol. The number of pyridine rings is 3. The standard InChI is InChI=1S/C26H26N6O2S2/c1-33-23-9-19-18-8-21(32-25(28)20(18)13-31-22(19)10-24(23)34-2)16-7-15(11-29-12-16)3-4-17(27)14-36-26-30-5-6-35-26/h5-13,17H,3-4,14,27H2,1-2H3,(H2,28,32)/t17-/m1/s1. The van der Waals surface area contributed by atoms with Crippen LogP contribution in [0.25, 0.3) is 32.9 Å². The average molecular weight is 519 g/mol. The Labute approximate surface area is 217 Å². The number of methoxy groups -OCH3 is 2. The number of nitrogens with zero attached hydrogens (tertiary/aromatic N) is 4. The molecule has 4 aromatic heterocycles. The van der Waals surface area contributed by atoms with E-state index in [-0.39, 0.29) is 6.04 Å². The monoisotopic (exact) mass is 518 g/mol. The lowest BCUT2D eigenvalue weighted by atomic mass is 10.0. The number of aryl methyl sites for hydroxylation is 1. The summed E-state index contributed by atoms with van der Waals surface area (Å²) in [4.78, 5) is 18.0. The van der Waals surface area contributed by atoms with E-state index < -0.39 is 0 Å². The molecule has 0 amide bonds. The molecule has 8 nitrogen and oxygen atoms in total. The van der Waals surface area contributed by atoms with E-state index in [1.54, 1.807) is 43.5 Å². The average Bonchev–Trinajstić information content (AvgIpc) is 3.43. The summed E-state index contributed by atoms with van der Waals surface area (Å²) in [5, 5.41) is 4.61. The normalized spacial score (nSPS) is 12.2. The fourth-order valence-electron chi connectivity index (χ4n) is 4.07. The third kappa shape index (κ3) is 5.06. The van der Waals surface area contributed by atoms with Crippen molar-refractivity contribution in [3.8, 4) is 22.8 Å². The highest BCUT2D eigenvalue weighted by atomic mass is 32.2. The third-order valence-electron chi connectivity index (χ3n) is 5.94. The van der Waals surface area contributed by atoms with Gasteiger partial charge in [0.15, 0.2) is 11.5 Å². The molecule has 4 N–H and O–H groups in total. The first-order chi connectivity index (χ1) is 17.6. The summed E-state index contributed by atoms with van der Waals surface area (Å²) in [5.41, 5.74) is 16.3. The number of fused-ring (bicyclic) bond motifs is 3. The number of hydrogen-bond donors (Lipinski definition) is 2. The van der Waals surface area contributed by atoms with Gasteiger partial charge in [0.05, 0.1) is 25.4 Å². The molecule has 0 radical (unpaired) electrons. The molecule has 36 heavy (non-hydrogen) atoms. The summed E-state index contributed by atoms with van der Waals surface area (Å²) in [6.07, 6.45) is 8.93. The zero-order valence-electron chi connectivity index (χ0n) is 20.0. The second-order valence-corrected chi connectivity index (χ2v) is 10.5. The molecule has 0 spiro atoms. The smallest absolute Gasteiger partial charge is 0.162 e. The number of anilines is 1. The SMILES string of the molecule is COc1cc2ncc3c(N)nc(-c4cncc(CC[C@@H](N)CSc5nccs5)c4)cc3c2cc1OC. The Bertz CT molecular complexity index is 1510. The number of ether oxygens (including phenoxy) is 2. The topological polar surface area (TPSA) is 122 Å². The molecule has 0 fully saturated rings. The van der Waals surface area contributed by atoms with Crippen molar-refractivity contribution in [2.45, 2.75) is 23.2 Å². The molecule has 0 aliphatic heterocycles. The van der Waals surface area contributed by atoms with Gasteiger partial charge >= 0.3 is 0 Å². The van der Waals surface area contributed by atoms with E-state index in [1.165, 1.54) is 0 Å². The lowest BCUT2D eigenvalue weighted by molar-refractivity contribution is 0.356. The van der Waals surface area contributed by atoms with Gasteiger partial charge in [0.25, 0.3) is 0 Å². The molecule has 1 aromatic carbocycles. The minimum Gasteiger partial charge on any atom is -0.493 e. The van der Waals surface area contributed by atoms with Crippen LogP contribution in [0.2, 0.25) is 0 Å². The molecule has 10 heteroatoms. The molecule has 0 aliphatic rings. The van der Waals surface area contributed by atoms with Crippen LogP contribution < -0.4 is 20.9 Å². The number of aromatic nitrogens is 4. The minimum atomic E-state index is 0.0721. The molecule has 5 rings (SSSR count). The maximum atomic E-state index is 6.37. The summed E-state index contributed by atoms with van der Waals surface area (Å²) < 4.78 is 12.0. The Hall–Kier alpha value is -3.47. The molecule has 1 atom stereocenters. The number of benzene rings is 1. The van der Waals surface area contributed by atoms with Gasteiger partial charge < -0.3 is 20.9 Å². The van der Waals surface area contributed by atoms with Crippen LogP contribution in [0.5, 0.6) is 11.5 Å². The van der Waals surface area contributed by atoms with Crippen LogP contribution in [0, 0.1) is 0 Å². The van der Waals surface area contributed by atoms with Gasteiger partial charge in [-0.25, -0.2) is 9.97 Å². The van der Waals surface area contributed by atoms with Gasteiger partial charge in [-0.15, -0.1) is 11.3 Å². The molecular formula is C26H26N6O2S2. The van der Waals surface area contributed by atoms with Crippen LogP contribution in [0.15, 0.2) is 58.8 Å². The quantitative estimate of drug-likeness (QED) is 0.206. The van der Waals surface area contributed by atoms with Crippen LogP contribution in [0.3, 0.4) is 0 Å². The zero-order chi connectivity index (χ0) is 25.1. The van der Waals surface area contributed by atoms with Crippen molar-refractivity contribution in [3.63, 3.8) is 0 Å². The number of thiazole rings is 1. The molecule has 0 aliphatic carbocycles. The van der Waals surface area contributed by atoms with Gasteiger partial charge in [-0.3, -0.25) is 9.97 Å². The Balaban J connectivity index is 1.42. The summed E-state index contributed by atoms with van der Waals surface area (Å²) >= 11 is 3.34. The number of nitrogens with two attached hydrogens (primary N) is 2. The van der Waals surface area contributed by atoms with Crippen molar-refractivity contribution < 1.29 is 9.47 Å². The second-order valence-electron chi connectivity index (χ2n) is 8.33. The molecule has 4 heterocycles. The molecule has 0 saturated heterocycles. The summed E-state index contributed by atoms with van der Waals surface area (Å²) in [5.74, 6) is 2.50. The lowest BCUT2D eigenvalue weighted by Crippen LogP contribution is -2.23. The first-order valence-electron chi connectivity index (χ1n) is 11.4. The van der Waals surface area contributed by atoms with E-state index in [0.717, 1.165) is 61.4 Å². The van der Waals surface area contributed by atoms with Crippen LogP contribution in [0.1, 0.15) is 12.0 Å². The highest BCUT2D eigenvalue weighted by molar-refractivity contribution is 8.01. The maximum absolute atomic E-state index is 6.37.